The van der Waals surface area contributed by atoms with Gasteiger partial charge in [0, 0.05) is 33.5 Å². The average Bonchev–Trinajstić information content (AvgIpc) is 3.17. The van der Waals surface area contributed by atoms with Crippen molar-refractivity contribution in [3.8, 4) is 11.4 Å². The summed E-state index contributed by atoms with van der Waals surface area (Å²) in [4.78, 5) is 0. The first-order chi connectivity index (χ1) is 12.7. The average molecular weight is 336 g/mol. The largest absolute Gasteiger partial charge is 0.314 e. The zero-order chi connectivity index (χ0) is 17.7. The fourth-order valence-corrected chi connectivity index (χ4v) is 4.04. The van der Waals surface area contributed by atoms with Crippen molar-refractivity contribution in [3.05, 3.63) is 96.3 Å². The van der Waals surface area contributed by atoms with Crippen molar-refractivity contribution in [1.29, 1.82) is 0 Å². The maximum absolute atomic E-state index is 2.33. The van der Waals surface area contributed by atoms with Crippen LogP contribution >= 0.6 is 0 Å². The Kier molecular flexibility index (Phi) is 3.26. The number of rotatable bonds is 2. The molecule has 0 spiro atoms. The summed E-state index contributed by atoms with van der Waals surface area (Å²) in [6.07, 6.45) is 0. The molecule has 0 atom stereocenters. The van der Waals surface area contributed by atoms with Crippen molar-refractivity contribution >= 4 is 21.8 Å². The monoisotopic (exact) mass is 336 g/mol. The molecule has 3 aromatic carbocycles. The quantitative estimate of drug-likeness (QED) is 0.364. The molecule has 2 aromatic heterocycles. The highest BCUT2D eigenvalue weighted by molar-refractivity contribution is 5.85. The van der Waals surface area contributed by atoms with Crippen molar-refractivity contribution < 1.29 is 0 Å². The van der Waals surface area contributed by atoms with Crippen LogP contribution < -0.4 is 0 Å². The minimum atomic E-state index is 1.19. The summed E-state index contributed by atoms with van der Waals surface area (Å²) in [5, 5.41) is 2.55. The number of hydrogen-bond donors (Lipinski definition) is 0. The van der Waals surface area contributed by atoms with E-state index < -0.39 is 0 Å². The second kappa shape index (κ2) is 5.63. The first kappa shape index (κ1) is 15.0. The highest BCUT2D eigenvalue weighted by Gasteiger charge is 2.10. The molecule has 0 unspecified atom stereocenters. The minimum absolute atomic E-state index is 1.19. The number of fused-ring (bicyclic) bond motifs is 2. The fraction of sp³-hybridized carbons (Fsp3) is 0.0833. The van der Waals surface area contributed by atoms with Gasteiger partial charge < -0.3 is 9.13 Å². The van der Waals surface area contributed by atoms with Crippen LogP contribution in [0.25, 0.3) is 33.2 Å². The predicted molar refractivity (Wildman–Crippen MR) is 110 cm³/mol. The van der Waals surface area contributed by atoms with Gasteiger partial charge in [-0.05, 0) is 56.3 Å². The van der Waals surface area contributed by atoms with E-state index in [1.807, 2.05) is 0 Å². The van der Waals surface area contributed by atoms with E-state index in [0.717, 1.165) is 0 Å². The van der Waals surface area contributed by atoms with Gasteiger partial charge in [-0.3, -0.25) is 0 Å². The third-order valence-electron chi connectivity index (χ3n) is 5.14. The van der Waals surface area contributed by atoms with Crippen LogP contribution in [0.1, 0.15) is 11.4 Å². The molecule has 0 saturated heterocycles. The van der Waals surface area contributed by atoms with E-state index in [-0.39, 0.29) is 0 Å². The number of para-hydroxylation sites is 2. The molecular weight excluding hydrogens is 316 g/mol. The molecule has 5 rings (SSSR count). The summed E-state index contributed by atoms with van der Waals surface area (Å²) >= 11 is 0. The second-order valence-corrected chi connectivity index (χ2v) is 6.88. The lowest BCUT2D eigenvalue weighted by atomic mass is 10.2. The van der Waals surface area contributed by atoms with Gasteiger partial charge in [0.25, 0.3) is 0 Å². The molecule has 0 N–H and O–H groups in total. The van der Waals surface area contributed by atoms with Gasteiger partial charge in [-0.1, -0.05) is 42.5 Å². The van der Waals surface area contributed by atoms with Gasteiger partial charge in [0.1, 0.15) is 0 Å². The van der Waals surface area contributed by atoms with Crippen LogP contribution in [0.15, 0.2) is 84.9 Å². The van der Waals surface area contributed by atoms with Crippen LogP contribution in [0.2, 0.25) is 0 Å². The second-order valence-electron chi connectivity index (χ2n) is 6.88. The molecule has 0 aliphatic carbocycles. The van der Waals surface area contributed by atoms with Crippen molar-refractivity contribution in [3.63, 3.8) is 0 Å². The molecule has 26 heavy (non-hydrogen) atoms. The van der Waals surface area contributed by atoms with Crippen molar-refractivity contribution in [2.45, 2.75) is 13.8 Å². The van der Waals surface area contributed by atoms with Crippen LogP contribution in [0.5, 0.6) is 0 Å². The van der Waals surface area contributed by atoms with Gasteiger partial charge in [-0.25, -0.2) is 0 Å². The van der Waals surface area contributed by atoms with Crippen LogP contribution in [0, 0.1) is 13.8 Å². The molecule has 0 fully saturated rings. The molecule has 0 radical (unpaired) electrons. The molecule has 2 heterocycles. The lowest BCUT2D eigenvalue weighted by Crippen LogP contribution is -2.00. The SMILES string of the molecule is Cc1cc2ccccc2n1-c1cccc(-n2c(C)cc3ccccc32)c1. The van der Waals surface area contributed by atoms with Gasteiger partial charge in [0.2, 0.25) is 0 Å². The van der Waals surface area contributed by atoms with E-state index >= 15 is 0 Å². The first-order valence-electron chi connectivity index (χ1n) is 8.97. The molecule has 0 aliphatic heterocycles. The fourth-order valence-electron chi connectivity index (χ4n) is 4.04. The minimum Gasteiger partial charge on any atom is -0.314 e. The van der Waals surface area contributed by atoms with Crippen LogP contribution in [-0.2, 0) is 0 Å². The molecule has 0 bridgehead atoms. The predicted octanol–water partition coefficient (Wildman–Crippen LogP) is 6.19. The van der Waals surface area contributed by atoms with Crippen molar-refractivity contribution in [2.24, 2.45) is 0 Å². The Balaban J connectivity index is 1.75. The van der Waals surface area contributed by atoms with Gasteiger partial charge in [0.15, 0.2) is 0 Å². The normalized spacial score (nSPS) is 11.5. The summed E-state index contributed by atoms with van der Waals surface area (Å²) in [6.45, 7) is 4.34. The van der Waals surface area contributed by atoms with Crippen LogP contribution in [0.4, 0.5) is 0 Å². The van der Waals surface area contributed by atoms with Gasteiger partial charge >= 0.3 is 0 Å². The van der Waals surface area contributed by atoms with Crippen LogP contribution in [-0.4, -0.2) is 9.13 Å². The number of hydrogen-bond acceptors (Lipinski definition) is 0. The Hall–Kier alpha value is -3.26. The summed E-state index contributed by atoms with van der Waals surface area (Å²) in [6, 6.07) is 30.4. The molecule has 0 aliphatic rings. The standard InChI is InChI=1S/C24H20N2/c1-17-14-19-8-3-5-12-23(19)25(17)21-10-7-11-22(16-21)26-18(2)15-20-9-4-6-13-24(20)26/h3-16H,1-2H3. The number of aryl methyl sites for hydroxylation is 2. The molecule has 0 saturated carbocycles. The maximum Gasteiger partial charge on any atom is 0.0531 e. The number of nitrogens with zero attached hydrogens (tertiary/aromatic N) is 2. The van der Waals surface area contributed by atoms with Gasteiger partial charge in [-0.15, -0.1) is 0 Å². The topological polar surface area (TPSA) is 9.86 Å². The summed E-state index contributed by atoms with van der Waals surface area (Å²) in [5.74, 6) is 0. The molecule has 0 amide bonds. The summed E-state index contributed by atoms with van der Waals surface area (Å²) in [7, 11) is 0. The Morgan fingerprint density at radius 2 is 0.962 bits per heavy atom. The van der Waals surface area contributed by atoms with Crippen molar-refractivity contribution in [2.75, 3.05) is 0 Å². The maximum atomic E-state index is 2.33. The third kappa shape index (κ3) is 2.19. The zero-order valence-corrected chi connectivity index (χ0v) is 15.0. The lowest BCUT2D eigenvalue weighted by molar-refractivity contribution is 1.02. The van der Waals surface area contributed by atoms with E-state index in [4.69, 9.17) is 0 Å². The van der Waals surface area contributed by atoms with E-state index in [2.05, 4.69) is 108 Å². The summed E-state index contributed by atoms with van der Waals surface area (Å²) in [5.41, 5.74) is 7.37. The molecule has 5 aromatic rings. The van der Waals surface area contributed by atoms with Crippen LogP contribution in [0.3, 0.4) is 0 Å². The number of aromatic nitrogens is 2. The highest BCUT2D eigenvalue weighted by Crippen LogP contribution is 2.28. The Labute approximate surface area is 152 Å². The Morgan fingerprint density at radius 3 is 1.46 bits per heavy atom. The molecule has 2 nitrogen and oxygen atoms in total. The van der Waals surface area contributed by atoms with E-state index in [1.165, 1.54) is 44.6 Å². The summed E-state index contributed by atoms with van der Waals surface area (Å²) < 4.78 is 4.67. The molecule has 2 heteroatoms. The highest BCUT2D eigenvalue weighted by atomic mass is 15.0. The third-order valence-corrected chi connectivity index (χ3v) is 5.14. The Bertz CT molecular complexity index is 1160. The zero-order valence-electron chi connectivity index (χ0n) is 15.0. The smallest absolute Gasteiger partial charge is 0.0531 e. The lowest BCUT2D eigenvalue weighted by Gasteiger charge is -2.13. The van der Waals surface area contributed by atoms with E-state index in [0.29, 0.717) is 0 Å². The molecule has 126 valence electrons. The van der Waals surface area contributed by atoms with Gasteiger partial charge in [-0.2, -0.15) is 0 Å². The van der Waals surface area contributed by atoms with Gasteiger partial charge in [0.05, 0.1) is 11.0 Å². The number of benzene rings is 3. The van der Waals surface area contributed by atoms with E-state index in [9.17, 15) is 0 Å². The first-order valence-corrected chi connectivity index (χ1v) is 8.97. The molecular formula is C24H20N2. The van der Waals surface area contributed by atoms with E-state index in [1.54, 1.807) is 0 Å². The Morgan fingerprint density at radius 1 is 0.500 bits per heavy atom. The van der Waals surface area contributed by atoms with Crippen molar-refractivity contribution in [1.82, 2.24) is 9.13 Å².